The summed E-state index contributed by atoms with van der Waals surface area (Å²) in [5.41, 5.74) is 1.34. The highest BCUT2D eigenvalue weighted by molar-refractivity contribution is 6.02. The molecule has 0 bridgehead atoms. The summed E-state index contributed by atoms with van der Waals surface area (Å²) in [7, 11) is 0. The van der Waals surface area contributed by atoms with Crippen LogP contribution in [0.25, 0.3) is 0 Å². The number of hydrogen-bond acceptors (Lipinski definition) is 3. The van der Waals surface area contributed by atoms with Gasteiger partial charge >= 0.3 is 6.61 Å². The number of aryl methyl sites for hydroxylation is 1. The second kappa shape index (κ2) is 8.23. The minimum Gasteiger partial charge on any atom is -0.433 e. The number of benzene rings is 2. The molecule has 25 heavy (non-hydrogen) atoms. The van der Waals surface area contributed by atoms with Crippen molar-refractivity contribution in [2.75, 3.05) is 5.32 Å². The van der Waals surface area contributed by atoms with E-state index in [9.17, 15) is 18.4 Å². The first kappa shape index (κ1) is 18.4. The molecule has 0 aromatic heterocycles. The molecule has 5 nitrogen and oxygen atoms in total. The minimum absolute atomic E-state index is 0.102. The SMILES string of the molecule is Cc1ccccc1C(=O)NC(C)C(=O)Nc1ccccc1OC(F)F. The van der Waals surface area contributed by atoms with E-state index in [1.54, 1.807) is 31.2 Å². The van der Waals surface area contributed by atoms with Crippen LogP contribution in [0.2, 0.25) is 0 Å². The molecular weight excluding hydrogens is 330 g/mol. The summed E-state index contributed by atoms with van der Waals surface area (Å²) in [6.07, 6.45) is 0. The number of hydrogen-bond donors (Lipinski definition) is 2. The molecule has 2 aromatic carbocycles. The summed E-state index contributed by atoms with van der Waals surface area (Å²) in [6, 6.07) is 11.9. The zero-order valence-electron chi connectivity index (χ0n) is 13.8. The van der Waals surface area contributed by atoms with Gasteiger partial charge in [-0.25, -0.2) is 0 Å². The van der Waals surface area contributed by atoms with Crippen molar-refractivity contribution in [1.82, 2.24) is 5.32 Å². The maximum atomic E-state index is 12.4. The summed E-state index contributed by atoms with van der Waals surface area (Å²) in [5.74, 6) is -1.09. The van der Waals surface area contributed by atoms with Crippen LogP contribution >= 0.6 is 0 Å². The van der Waals surface area contributed by atoms with Crippen molar-refractivity contribution >= 4 is 17.5 Å². The fourth-order valence-electron chi connectivity index (χ4n) is 2.18. The van der Waals surface area contributed by atoms with E-state index in [-0.39, 0.29) is 11.4 Å². The molecule has 0 aliphatic carbocycles. The standard InChI is InChI=1S/C18H18F2N2O3/c1-11-7-3-4-8-13(11)17(24)21-12(2)16(23)22-14-9-5-6-10-15(14)25-18(19)20/h3-10,12,18H,1-2H3,(H,21,24)(H,22,23). The fraction of sp³-hybridized carbons (Fsp3) is 0.222. The van der Waals surface area contributed by atoms with Gasteiger partial charge in [0.25, 0.3) is 5.91 Å². The lowest BCUT2D eigenvalue weighted by molar-refractivity contribution is -0.117. The normalized spacial score (nSPS) is 11.7. The number of carbonyl (C=O) groups is 2. The largest absolute Gasteiger partial charge is 0.433 e. The molecule has 0 heterocycles. The van der Waals surface area contributed by atoms with E-state index in [0.29, 0.717) is 5.56 Å². The number of anilines is 1. The van der Waals surface area contributed by atoms with E-state index < -0.39 is 24.5 Å². The molecule has 132 valence electrons. The molecule has 0 saturated carbocycles. The van der Waals surface area contributed by atoms with E-state index in [0.717, 1.165) is 5.56 Å². The van der Waals surface area contributed by atoms with Crippen molar-refractivity contribution in [2.24, 2.45) is 0 Å². The van der Waals surface area contributed by atoms with Crippen molar-refractivity contribution < 1.29 is 23.1 Å². The number of alkyl halides is 2. The van der Waals surface area contributed by atoms with E-state index in [1.165, 1.54) is 25.1 Å². The predicted octanol–water partition coefficient (Wildman–Crippen LogP) is 3.35. The van der Waals surface area contributed by atoms with E-state index in [1.807, 2.05) is 6.07 Å². The van der Waals surface area contributed by atoms with Crippen molar-refractivity contribution in [3.63, 3.8) is 0 Å². The molecular formula is C18H18F2N2O3. The molecule has 1 unspecified atom stereocenters. The highest BCUT2D eigenvalue weighted by atomic mass is 19.3. The molecule has 0 saturated heterocycles. The van der Waals surface area contributed by atoms with Gasteiger partial charge < -0.3 is 15.4 Å². The van der Waals surface area contributed by atoms with Crippen LogP contribution in [0.3, 0.4) is 0 Å². The van der Waals surface area contributed by atoms with Gasteiger partial charge in [-0.05, 0) is 37.6 Å². The molecule has 0 spiro atoms. The Hall–Kier alpha value is -2.96. The van der Waals surface area contributed by atoms with Gasteiger partial charge in [0, 0.05) is 5.56 Å². The second-order valence-electron chi connectivity index (χ2n) is 5.37. The summed E-state index contributed by atoms with van der Waals surface area (Å²) < 4.78 is 29.2. The van der Waals surface area contributed by atoms with Crippen LogP contribution in [0, 0.1) is 6.92 Å². The van der Waals surface area contributed by atoms with Crippen molar-refractivity contribution in [3.05, 3.63) is 59.7 Å². The van der Waals surface area contributed by atoms with Crippen LogP contribution in [0.15, 0.2) is 48.5 Å². The summed E-state index contributed by atoms with van der Waals surface area (Å²) in [5, 5.41) is 5.05. The van der Waals surface area contributed by atoms with Crippen LogP contribution in [0.5, 0.6) is 5.75 Å². The lowest BCUT2D eigenvalue weighted by Gasteiger charge is -2.16. The fourth-order valence-corrected chi connectivity index (χ4v) is 2.18. The third-order valence-electron chi connectivity index (χ3n) is 3.49. The molecule has 0 radical (unpaired) electrons. The molecule has 0 aliphatic heterocycles. The monoisotopic (exact) mass is 348 g/mol. The molecule has 2 aromatic rings. The van der Waals surface area contributed by atoms with Gasteiger partial charge in [-0.15, -0.1) is 0 Å². The number of carbonyl (C=O) groups excluding carboxylic acids is 2. The molecule has 2 N–H and O–H groups in total. The zero-order chi connectivity index (χ0) is 18.4. The first-order chi connectivity index (χ1) is 11.9. The van der Waals surface area contributed by atoms with Gasteiger partial charge in [-0.2, -0.15) is 8.78 Å². The zero-order valence-corrected chi connectivity index (χ0v) is 13.8. The van der Waals surface area contributed by atoms with Gasteiger partial charge in [0.1, 0.15) is 11.8 Å². The second-order valence-corrected chi connectivity index (χ2v) is 5.37. The summed E-state index contributed by atoms with van der Waals surface area (Å²) in [6.45, 7) is 0.288. The van der Waals surface area contributed by atoms with E-state index >= 15 is 0 Å². The Labute approximate surface area is 144 Å². The molecule has 0 fully saturated rings. The Morgan fingerprint density at radius 2 is 1.68 bits per heavy atom. The van der Waals surface area contributed by atoms with E-state index in [2.05, 4.69) is 15.4 Å². The summed E-state index contributed by atoms with van der Waals surface area (Å²) in [4.78, 5) is 24.5. The number of rotatable bonds is 6. The Morgan fingerprint density at radius 1 is 1.04 bits per heavy atom. The van der Waals surface area contributed by atoms with Crippen molar-refractivity contribution in [1.29, 1.82) is 0 Å². The highest BCUT2D eigenvalue weighted by Crippen LogP contribution is 2.25. The molecule has 0 aliphatic rings. The van der Waals surface area contributed by atoms with Crippen LogP contribution in [-0.2, 0) is 4.79 Å². The number of halogens is 2. The average molecular weight is 348 g/mol. The predicted molar refractivity (Wildman–Crippen MR) is 89.8 cm³/mol. The number of ether oxygens (including phenoxy) is 1. The quantitative estimate of drug-likeness (QED) is 0.841. The highest BCUT2D eigenvalue weighted by Gasteiger charge is 2.19. The van der Waals surface area contributed by atoms with Gasteiger partial charge in [-0.3, -0.25) is 9.59 Å². The third kappa shape index (κ3) is 5.00. The lowest BCUT2D eigenvalue weighted by atomic mass is 10.1. The van der Waals surface area contributed by atoms with Gasteiger partial charge in [-0.1, -0.05) is 30.3 Å². The van der Waals surface area contributed by atoms with Crippen LogP contribution < -0.4 is 15.4 Å². The third-order valence-corrected chi connectivity index (χ3v) is 3.49. The first-order valence-corrected chi connectivity index (χ1v) is 7.59. The Balaban J connectivity index is 2.04. The Kier molecular flexibility index (Phi) is 6.05. The topological polar surface area (TPSA) is 67.4 Å². The van der Waals surface area contributed by atoms with E-state index in [4.69, 9.17) is 0 Å². The Morgan fingerprint density at radius 3 is 2.36 bits per heavy atom. The molecule has 7 heteroatoms. The van der Waals surface area contributed by atoms with Crippen LogP contribution in [-0.4, -0.2) is 24.5 Å². The molecule has 2 rings (SSSR count). The van der Waals surface area contributed by atoms with Gasteiger partial charge in [0.2, 0.25) is 5.91 Å². The van der Waals surface area contributed by atoms with Crippen molar-refractivity contribution in [3.8, 4) is 5.75 Å². The lowest BCUT2D eigenvalue weighted by Crippen LogP contribution is -2.41. The Bertz CT molecular complexity index is 765. The average Bonchev–Trinajstić information content (AvgIpc) is 2.56. The van der Waals surface area contributed by atoms with Crippen LogP contribution in [0.1, 0.15) is 22.8 Å². The first-order valence-electron chi connectivity index (χ1n) is 7.59. The number of amides is 2. The minimum atomic E-state index is -3.00. The maximum Gasteiger partial charge on any atom is 0.387 e. The van der Waals surface area contributed by atoms with Gasteiger partial charge in [0.15, 0.2) is 0 Å². The summed E-state index contributed by atoms with van der Waals surface area (Å²) >= 11 is 0. The smallest absolute Gasteiger partial charge is 0.387 e. The van der Waals surface area contributed by atoms with Crippen molar-refractivity contribution in [2.45, 2.75) is 26.5 Å². The van der Waals surface area contributed by atoms with Crippen LogP contribution in [0.4, 0.5) is 14.5 Å². The maximum absolute atomic E-state index is 12.4. The number of para-hydroxylation sites is 2. The number of nitrogens with one attached hydrogen (secondary N) is 2. The molecule has 1 atom stereocenters. The van der Waals surface area contributed by atoms with Gasteiger partial charge in [0.05, 0.1) is 5.69 Å². The molecule has 2 amide bonds.